The van der Waals surface area contributed by atoms with E-state index >= 15 is 0 Å². The Morgan fingerprint density at radius 3 is 1.31 bits per heavy atom. The van der Waals surface area contributed by atoms with Gasteiger partial charge in [-0.25, -0.2) is 9.59 Å². The van der Waals surface area contributed by atoms with Crippen LogP contribution in [0.4, 0.5) is 9.59 Å². The van der Waals surface area contributed by atoms with Crippen LogP contribution in [-0.2, 0) is 64.1 Å². The summed E-state index contributed by atoms with van der Waals surface area (Å²) in [5.74, 6) is 1.68. The molecule has 0 saturated carbocycles. The highest BCUT2D eigenvalue weighted by Crippen LogP contribution is 2.23. The van der Waals surface area contributed by atoms with E-state index < -0.39 is 60.1 Å². The molecule has 4 rings (SSSR count). The number of hydrogen-bond donors (Lipinski definition) is 6. The fourth-order valence-electron chi connectivity index (χ4n) is 6.54. The van der Waals surface area contributed by atoms with Gasteiger partial charge in [0.05, 0.1) is 38.1 Å². The largest absolute Gasteiger partial charge is 0.468 e. The molecule has 0 aromatic heterocycles. The first kappa shape index (κ1) is 41.4. The zero-order valence-electron chi connectivity index (χ0n) is 30.4. The van der Waals surface area contributed by atoms with Crippen LogP contribution in [0.3, 0.4) is 0 Å². The van der Waals surface area contributed by atoms with Gasteiger partial charge in [-0.3, -0.25) is 19.2 Å². The van der Waals surface area contributed by atoms with Gasteiger partial charge in [0.25, 0.3) is 0 Å². The van der Waals surface area contributed by atoms with Crippen LogP contribution in [0.15, 0.2) is 48.5 Å². The van der Waals surface area contributed by atoms with Crippen LogP contribution < -0.4 is 32.7 Å². The van der Waals surface area contributed by atoms with Crippen LogP contribution in [0.1, 0.15) is 35.1 Å². The summed E-state index contributed by atoms with van der Waals surface area (Å²) in [4.78, 5) is 76.6. The molecule has 2 aromatic carbocycles. The van der Waals surface area contributed by atoms with Crippen molar-refractivity contribution in [3.8, 4) is 11.8 Å². The summed E-state index contributed by atoms with van der Waals surface area (Å²) >= 11 is 0. The van der Waals surface area contributed by atoms with E-state index in [-0.39, 0.29) is 50.7 Å². The molecule has 54 heavy (non-hydrogen) atoms. The first-order valence-electron chi connectivity index (χ1n) is 17.6. The highest BCUT2D eigenvalue weighted by molar-refractivity contribution is 5.91. The van der Waals surface area contributed by atoms with Crippen molar-refractivity contribution in [1.82, 2.24) is 21.3 Å². The quantitative estimate of drug-likeness (QED) is 0.0754. The van der Waals surface area contributed by atoms with Crippen LogP contribution in [0, 0.1) is 23.7 Å². The molecule has 2 heterocycles. The monoisotopic (exact) mass is 748 g/mol. The normalized spacial score (nSPS) is 21.6. The van der Waals surface area contributed by atoms with Crippen LogP contribution in [0.2, 0.25) is 0 Å². The van der Waals surface area contributed by atoms with E-state index in [1.807, 2.05) is 48.5 Å². The molecule has 2 aliphatic rings. The molecule has 0 bridgehead atoms. The number of amides is 2. The standard InChI is InChI=1S/C38H48N6O10/c1-51-35(47)33-31(29(45)15-13-23-5-9-25(19-39)10-6-23)27(21-41-33)43-37(49)53-17-3-4-18-54-38(50)44-28-22-42-34(36(48)52-2)32(28)30(46)16-14-24-7-11-26(20-40)12-8-24/h5-12,27-28,31-34,41-42H,13-22,39-40H2,1-2H3,(H,43,49)(H,44,50). The van der Waals surface area contributed by atoms with Crippen molar-refractivity contribution < 1.29 is 47.7 Å². The molecule has 2 amide bonds. The van der Waals surface area contributed by atoms with Crippen LogP contribution >= 0.6 is 0 Å². The van der Waals surface area contributed by atoms with E-state index in [0.29, 0.717) is 25.9 Å². The Morgan fingerprint density at radius 2 is 0.981 bits per heavy atom. The number of esters is 2. The number of ketones is 2. The lowest BCUT2D eigenvalue weighted by Gasteiger charge is -2.22. The number of nitrogens with one attached hydrogen (secondary N) is 4. The van der Waals surface area contributed by atoms with Gasteiger partial charge in [-0.2, -0.15) is 0 Å². The van der Waals surface area contributed by atoms with Crippen molar-refractivity contribution >= 4 is 35.7 Å². The summed E-state index contributed by atoms with van der Waals surface area (Å²) < 4.78 is 20.0. The number of carbonyl (C=O) groups is 6. The van der Waals surface area contributed by atoms with Gasteiger partial charge in [-0.15, -0.1) is 0 Å². The second-order valence-electron chi connectivity index (χ2n) is 12.9. The minimum Gasteiger partial charge on any atom is -0.468 e. The highest BCUT2D eigenvalue weighted by Gasteiger charge is 2.46. The highest BCUT2D eigenvalue weighted by atomic mass is 16.6. The molecular formula is C38H48N6O10. The SMILES string of the molecule is COC(=O)C1NCC(NC(=O)OCC#CCOC(=O)NC2CNC(C(=O)OC)C2C(=O)CCc2ccc(CN)cc2)C1C(=O)CCc1ccc(CN)cc1. The smallest absolute Gasteiger partial charge is 0.408 e. The predicted molar refractivity (Wildman–Crippen MR) is 194 cm³/mol. The fraction of sp³-hybridized carbons (Fsp3) is 0.474. The molecular weight excluding hydrogens is 700 g/mol. The van der Waals surface area contributed by atoms with Crippen molar-refractivity contribution in [2.75, 3.05) is 40.5 Å². The number of rotatable bonds is 16. The van der Waals surface area contributed by atoms with Crippen LogP contribution in [0.25, 0.3) is 0 Å². The van der Waals surface area contributed by atoms with Gasteiger partial charge in [0, 0.05) is 39.0 Å². The van der Waals surface area contributed by atoms with E-state index in [4.69, 9.17) is 30.4 Å². The number of carbonyl (C=O) groups excluding carboxylic acids is 6. The molecule has 6 unspecified atom stereocenters. The Morgan fingerprint density at radius 1 is 0.630 bits per heavy atom. The van der Waals surface area contributed by atoms with E-state index in [0.717, 1.165) is 22.3 Å². The number of ether oxygens (including phenoxy) is 4. The second kappa shape index (κ2) is 20.8. The maximum Gasteiger partial charge on any atom is 0.408 e. The van der Waals surface area contributed by atoms with E-state index in [2.05, 4.69) is 33.1 Å². The maximum atomic E-state index is 13.3. The molecule has 8 N–H and O–H groups in total. The van der Waals surface area contributed by atoms with Crippen molar-refractivity contribution in [2.24, 2.45) is 23.3 Å². The molecule has 0 spiro atoms. The van der Waals surface area contributed by atoms with E-state index in [1.54, 1.807) is 0 Å². The minimum absolute atomic E-state index is 0.136. The summed E-state index contributed by atoms with van der Waals surface area (Å²) in [6.45, 7) is 0.383. The molecule has 0 aliphatic carbocycles. The zero-order chi connectivity index (χ0) is 39.0. The van der Waals surface area contributed by atoms with Gasteiger partial charge < -0.3 is 51.7 Å². The lowest BCUT2D eigenvalue weighted by atomic mass is 9.88. The summed E-state index contributed by atoms with van der Waals surface area (Å²) in [5.41, 5.74) is 15.1. The third-order valence-electron chi connectivity index (χ3n) is 9.47. The topological polar surface area (TPSA) is 240 Å². The number of hydrogen-bond acceptors (Lipinski definition) is 14. The van der Waals surface area contributed by atoms with Crippen molar-refractivity contribution in [2.45, 2.75) is 62.9 Å². The number of Topliss-reactive ketones (excluding diaryl/α,β-unsaturated/α-hetero) is 2. The second-order valence-corrected chi connectivity index (χ2v) is 12.9. The van der Waals surface area contributed by atoms with Gasteiger partial charge in [0.1, 0.15) is 23.7 Å². The zero-order valence-corrected chi connectivity index (χ0v) is 30.4. The van der Waals surface area contributed by atoms with Crippen LogP contribution in [0.5, 0.6) is 0 Å². The molecule has 2 aromatic rings. The Labute approximate surface area is 313 Å². The number of nitrogens with two attached hydrogens (primary N) is 2. The molecule has 2 saturated heterocycles. The average molecular weight is 749 g/mol. The number of benzene rings is 2. The molecule has 16 nitrogen and oxygen atoms in total. The molecule has 2 fully saturated rings. The molecule has 6 atom stereocenters. The lowest BCUT2D eigenvalue weighted by molar-refractivity contribution is -0.146. The minimum atomic E-state index is -0.935. The van der Waals surface area contributed by atoms with Crippen LogP contribution in [-0.4, -0.2) is 100 Å². The van der Waals surface area contributed by atoms with Crippen molar-refractivity contribution in [3.63, 3.8) is 0 Å². The molecule has 2 aliphatic heterocycles. The van der Waals surface area contributed by atoms with Gasteiger partial charge in [0.2, 0.25) is 0 Å². The summed E-state index contributed by atoms with van der Waals surface area (Å²) in [7, 11) is 2.45. The maximum absolute atomic E-state index is 13.3. The number of alkyl carbamates (subject to hydrolysis) is 2. The van der Waals surface area contributed by atoms with Crippen molar-refractivity contribution in [3.05, 3.63) is 70.8 Å². The Kier molecular flexibility index (Phi) is 15.9. The third-order valence-corrected chi connectivity index (χ3v) is 9.47. The Bertz CT molecular complexity index is 1570. The summed E-state index contributed by atoms with van der Waals surface area (Å²) in [6.07, 6.45) is -0.550. The third kappa shape index (κ3) is 11.6. The summed E-state index contributed by atoms with van der Waals surface area (Å²) in [6, 6.07) is 11.8. The van der Waals surface area contributed by atoms with Gasteiger partial charge in [0.15, 0.2) is 13.2 Å². The first-order chi connectivity index (χ1) is 26.1. The van der Waals surface area contributed by atoms with E-state index in [9.17, 15) is 28.8 Å². The fourth-order valence-corrected chi connectivity index (χ4v) is 6.54. The number of methoxy groups -OCH3 is 2. The first-order valence-corrected chi connectivity index (χ1v) is 17.6. The lowest BCUT2D eigenvalue weighted by Crippen LogP contribution is -2.47. The van der Waals surface area contributed by atoms with Gasteiger partial charge in [-0.1, -0.05) is 60.4 Å². The summed E-state index contributed by atoms with van der Waals surface area (Å²) in [5, 5.41) is 11.2. The van der Waals surface area contributed by atoms with E-state index in [1.165, 1.54) is 14.2 Å². The Balaban J connectivity index is 1.22. The molecule has 16 heteroatoms. The van der Waals surface area contributed by atoms with Gasteiger partial charge >= 0.3 is 24.1 Å². The molecule has 290 valence electrons. The Hall–Kier alpha value is -5.34. The average Bonchev–Trinajstić information content (AvgIpc) is 3.81. The number of aryl methyl sites for hydroxylation is 2. The predicted octanol–water partition coefficient (Wildman–Crippen LogP) is 0.0226. The van der Waals surface area contributed by atoms with Crippen molar-refractivity contribution in [1.29, 1.82) is 0 Å². The molecule has 0 radical (unpaired) electrons. The van der Waals surface area contributed by atoms with Gasteiger partial charge in [-0.05, 0) is 35.1 Å².